The predicted octanol–water partition coefficient (Wildman–Crippen LogP) is 1.97. The number of benzene rings is 1. The number of nitrogens with zero attached hydrogens (tertiary/aromatic N) is 3. The normalized spacial score (nSPS) is 11.6. The molecule has 9 nitrogen and oxygen atoms in total. The Kier molecular flexibility index (Phi) is 8.25. The van der Waals surface area contributed by atoms with E-state index in [0.29, 0.717) is 12.1 Å². The number of alkyl halides is 5. The number of halogens is 5. The van der Waals surface area contributed by atoms with Gasteiger partial charge in [-0.2, -0.15) is 28.1 Å². The van der Waals surface area contributed by atoms with Gasteiger partial charge in [0, 0.05) is 29.6 Å². The number of sulfonamides is 1. The minimum atomic E-state index is -5.00. The summed E-state index contributed by atoms with van der Waals surface area (Å²) in [5.74, 6) is -1.88. The van der Waals surface area contributed by atoms with Gasteiger partial charge in [0.25, 0.3) is 16.4 Å². The molecule has 1 radical (unpaired) electrons. The zero-order valence-electron chi connectivity index (χ0n) is 14.7. The number of hydrogen-bond donors (Lipinski definition) is 2. The van der Waals surface area contributed by atoms with E-state index in [2.05, 4.69) is 19.7 Å². The summed E-state index contributed by atoms with van der Waals surface area (Å²) in [5, 5.41) is 1.71. The molecule has 0 spiro atoms. The maximum Gasteiger partial charge on any atom is 0.417 e. The van der Waals surface area contributed by atoms with Crippen molar-refractivity contribution in [3.8, 4) is 6.01 Å². The summed E-state index contributed by atoms with van der Waals surface area (Å²) in [6.07, 6.45) is -8.17. The van der Waals surface area contributed by atoms with E-state index < -0.39 is 56.9 Å². The van der Waals surface area contributed by atoms with Crippen LogP contribution in [0.1, 0.15) is 17.8 Å². The van der Waals surface area contributed by atoms with Gasteiger partial charge in [-0.05, 0) is 12.1 Å². The molecular formula is C13H10F5N5NaO4S. The first-order valence-corrected chi connectivity index (χ1v) is 8.50. The predicted molar refractivity (Wildman–Crippen MR) is 87.9 cm³/mol. The van der Waals surface area contributed by atoms with Crippen molar-refractivity contribution < 1.29 is 39.9 Å². The molecule has 153 valence electrons. The second kappa shape index (κ2) is 9.60. The fraction of sp³-hybridized carbons (Fsp3) is 0.231. The topological polar surface area (TPSA) is 123 Å². The zero-order chi connectivity index (χ0) is 21.1. The number of aromatic nitrogens is 3. The van der Waals surface area contributed by atoms with E-state index in [-0.39, 0.29) is 29.6 Å². The van der Waals surface area contributed by atoms with E-state index in [1.165, 1.54) is 4.72 Å². The van der Waals surface area contributed by atoms with Crippen molar-refractivity contribution in [1.82, 2.24) is 19.7 Å². The molecule has 0 saturated carbocycles. The van der Waals surface area contributed by atoms with E-state index >= 15 is 0 Å². The van der Waals surface area contributed by atoms with Crippen LogP contribution in [0.25, 0.3) is 0 Å². The molecule has 2 amide bonds. The van der Waals surface area contributed by atoms with Crippen LogP contribution < -0.4 is 14.8 Å². The van der Waals surface area contributed by atoms with Crippen LogP contribution in [0.3, 0.4) is 0 Å². The van der Waals surface area contributed by atoms with Crippen LogP contribution in [0.5, 0.6) is 6.01 Å². The van der Waals surface area contributed by atoms with Gasteiger partial charge in [-0.3, -0.25) is 5.32 Å². The molecule has 2 aromatic rings. The summed E-state index contributed by atoms with van der Waals surface area (Å²) in [7, 11) is -3.93. The Bertz CT molecular complexity index is 990. The van der Waals surface area contributed by atoms with Crippen LogP contribution in [0, 0.1) is 0 Å². The third-order valence-electron chi connectivity index (χ3n) is 2.94. The van der Waals surface area contributed by atoms with Crippen molar-refractivity contribution in [1.29, 1.82) is 0 Å². The maximum atomic E-state index is 13.0. The number of carbonyl (C=O) groups excluding carboxylic acids is 1. The number of anilines is 1. The Balaban J connectivity index is 0.00000420. The average Bonchev–Trinajstić information content (AvgIpc) is 2.60. The second-order valence-corrected chi connectivity index (χ2v) is 6.51. The Morgan fingerprint density at radius 1 is 1.14 bits per heavy atom. The Labute approximate surface area is 182 Å². The molecule has 0 aliphatic carbocycles. The smallest absolute Gasteiger partial charge is 0.417 e. The Morgan fingerprint density at radius 3 is 2.31 bits per heavy atom. The van der Waals surface area contributed by atoms with Crippen LogP contribution in [0.4, 0.5) is 32.7 Å². The van der Waals surface area contributed by atoms with Crippen molar-refractivity contribution in [2.45, 2.75) is 17.5 Å². The van der Waals surface area contributed by atoms with Gasteiger partial charge in [0.05, 0.1) is 17.6 Å². The van der Waals surface area contributed by atoms with E-state index in [1.54, 1.807) is 5.32 Å². The van der Waals surface area contributed by atoms with Gasteiger partial charge in [0.2, 0.25) is 11.8 Å². The molecule has 0 aliphatic heterocycles. The van der Waals surface area contributed by atoms with Crippen LogP contribution in [-0.2, 0) is 16.2 Å². The molecule has 0 atom stereocenters. The van der Waals surface area contributed by atoms with E-state index in [0.717, 1.165) is 19.2 Å². The number of urea groups is 1. The standard InChI is InChI=1S/C13H10F5N5O4S.Na/c1-27-12-20-9(8(14)15)19-10(22-12)21-11(24)23-28(25,26)7-5-3-2-4-6(7)13(16,17)18;/h2-5,8H,1H3,(H2,19,20,21,22,23,24);. The van der Waals surface area contributed by atoms with Crippen molar-refractivity contribution in [3.63, 3.8) is 0 Å². The van der Waals surface area contributed by atoms with Crippen LogP contribution in [0.2, 0.25) is 0 Å². The summed E-state index contributed by atoms with van der Waals surface area (Å²) in [4.78, 5) is 20.4. The second-order valence-electron chi connectivity index (χ2n) is 4.86. The molecule has 0 saturated heterocycles. The number of carbonyl (C=O) groups is 1. The van der Waals surface area contributed by atoms with Gasteiger partial charge in [0.1, 0.15) is 0 Å². The summed E-state index contributed by atoms with van der Waals surface area (Å²) >= 11 is 0. The zero-order valence-corrected chi connectivity index (χ0v) is 17.5. The largest absolute Gasteiger partial charge is 0.467 e. The van der Waals surface area contributed by atoms with Crippen LogP contribution >= 0.6 is 0 Å². The molecule has 16 heteroatoms. The van der Waals surface area contributed by atoms with Gasteiger partial charge in [-0.25, -0.2) is 26.7 Å². The van der Waals surface area contributed by atoms with Gasteiger partial charge in [-0.1, -0.05) is 12.1 Å². The fourth-order valence-corrected chi connectivity index (χ4v) is 2.99. The number of methoxy groups -OCH3 is 1. The van der Waals surface area contributed by atoms with Crippen molar-refractivity contribution in [3.05, 3.63) is 35.7 Å². The summed E-state index contributed by atoms with van der Waals surface area (Å²) < 4.78 is 94.4. The molecule has 2 N–H and O–H groups in total. The van der Waals surface area contributed by atoms with Gasteiger partial charge >= 0.3 is 18.2 Å². The van der Waals surface area contributed by atoms with Gasteiger partial charge in [0.15, 0.2) is 0 Å². The number of amides is 2. The molecule has 0 fully saturated rings. The van der Waals surface area contributed by atoms with Gasteiger partial charge < -0.3 is 4.74 Å². The summed E-state index contributed by atoms with van der Waals surface area (Å²) in [6, 6.07) is 0.937. The first-order chi connectivity index (χ1) is 12.9. The molecule has 0 unspecified atom stereocenters. The average molecular weight is 450 g/mol. The molecule has 2 rings (SSSR count). The first kappa shape index (κ1) is 24.9. The molecule has 0 aliphatic rings. The number of hydrogen-bond acceptors (Lipinski definition) is 7. The molecular weight excluding hydrogens is 440 g/mol. The van der Waals surface area contributed by atoms with E-state index in [4.69, 9.17) is 0 Å². The van der Waals surface area contributed by atoms with Crippen molar-refractivity contribution in [2.24, 2.45) is 0 Å². The van der Waals surface area contributed by atoms with Crippen molar-refractivity contribution in [2.75, 3.05) is 12.4 Å². The Hall–Kier alpha value is -2.10. The fourth-order valence-electron chi connectivity index (χ4n) is 1.86. The summed E-state index contributed by atoms with van der Waals surface area (Å²) in [5.41, 5.74) is -1.50. The molecule has 0 bridgehead atoms. The SMILES string of the molecule is COc1nc(NC(=O)NS(=O)(=O)c2ccccc2C(F)(F)F)nc(C(F)F)n1.[Na]. The van der Waals surface area contributed by atoms with Gasteiger partial charge in [-0.15, -0.1) is 0 Å². The molecule has 1 heterocycles. The minimum Gasteiger partial charge on any atom is -0.467 e. The number of rotatable bonds is 5. The molecule has 1 aromatic heterocycles. The van der Waals surface area contributed by atoms with Crippen LogP contribution in [0.15, 0.2) is 29.2 Å². The van der Waals surface area contributed by atoms with Crippen molar-refractivity contribution >= 4 is 51.6 Å². The summed E-state index contributed by atoms with van der Waals surface area (Å²) in [6.45, 7) is 0. The number of ether oxygens (including phenoxy) is 1. The monoisotopic (exact) mass is 450 g/mol. The maximum absolute atomic E-state index is 13.0. The third kappa shape index (κ3) is 6.45. The van der Waals surface area contributed by atoms with E-state index in [1.807, 2.05) is 0 Å². The number of nitrogens with one attached hydrogen (secondary N) is 2. The quantitative estimate of drug-likeness (QED) is 0.527. The van der Waals surface area contributed by atoms with Crippen LogP contribution in [-0.4, -0.2) is 66.1 Å². The first-order valence-electron chi connectivity index (χ1n) is 7.02. The molecule has 29 heavy (non-hydrogen) atoms. The minimum absolute atomic E-state index is 0. The molecule has 1 aromatic carbocycles. The van der Waals surface area contributed by atoms with E-state index in [9.17, 15) is 35.2 Å². The third-order valence-corrected chi connectivity index (χ3v) is 4.33. The Morgan fingerprint density at radius 2 is 1.76 bits per heavy atom.